The van der Waals surface area contributed by atoms with Crippen LogP contribution in [-0.2, 0) is 9.59 Å². The second kappa shape index (κ2) is 8.17. The number of rotatable bonds is 4. The first-order valence-electron chi connectivity index (χ1n) is 8.15. The Bertz CT molecular complexity index is 941. The summed E-state index contributed by atoms with van der Waals surface area (Å²) in [7, 11) is 1.44. The number of methoxy groups -OCH3 is 1. The number of thioether (sulfide) groups is 1. The summed E-state index contributed by atoms with van der Waals surface area (Å²) in [6.07, 6.45) is 1.37. The van der Waals surface area contributed by atoms with E-state index in [0.717, 1.165) is 0 Å². The molecule has 1 aliphatic rings. The number of amides is 2. The summed E-state index contributed by atoms with van der Waals surface area (Å²) in [5.41, 5.74) is 0.680. The van der Waals surface area contributed by atoms with Gasteiger partial charge in [-0.05, 0) is 29.8 Å². The normalized spacial score (nSPS) is 15.8. The van der Waals surface area contributed by atoms with Gasteiger partial charge in [0.2, 0.25) is 17.6 Å². The van der Waals surface area contributed by atoms with Crippen LogP contribution in [0.25, 0.3) is 0 Å². The standard InChI is InChI=1S/C18H17N3O6S/c1-10(22)19-18-20-21(11(2)23)16(28-18)12-6-7-13(15(9-12)25-3)27-17(24)14-5-4-8-26-14/h4-9,16H,1-3H3,(H,19,20,22)/t16-/m0/s1. The topological polar surface area (TPSA) is 110 Å². The number of hydrogen-bond acceptors (Lipinski definition) is 8. The van der Waals surface area contributed by atoms with Gasteiger partial charge in [-0.1, -0.05) is 17.8 Å². The molecule has 2 amide bonds. The van der Waals surface area contributed by atoms with Crippen molar-refractivity contribution in [3.8, 4) is 11.5 Å². The molecule has 0 saturated carbocycles. The minimum Gasteiger partial charge on any atom is -0.493 e. The third kappa shape index (κ3) is 4.17. The van der Waals surface area contributed by atoms with E-state index in [1.54, 1.807) is 24.3 Å². The van der Waals surface area contributed by atoms with Gasteiger partial charge in [-0.15, -0.1) is 5.10 Å². The summed E-state index contributed by atoms with van der Waals surface area (Å²) < 4.78 is 15.7. The first-order valence-corrected chi connectivity index (χ1v) is 9.03. The lowest BCUT2D eigenvalue weighted by Crippen LogP contribution is -2.25. The number of nitrogens with zero attached hydrogens (tertiary/aromatic N) is 2. The summed E-state index contributed by atoms with van der Waals surface area (Å²) in [6.45, 7) is 2.74. The Morgan fingerprint density at radius 3 is 2.61 bits per heavy atom. The summed E-state index contributed by atoms with van der Waals surface area (Å²) in [5, 5.41) is 7.80. The summed E-state index contributed by atoms with van der Waals surface area (Å²) >= 11 is 1.21. The highest BCUT2D eigenvalue weighted by Gasteiger charge is 2.33. The van der Waals surface area contributed by atoms with E-state index in [1.165, 1.54) is 50.1 Å². The molecule has 9 nitrogen and oxygen atoms in total. The number of hydrogen-bond donors (Lipinski definition) is 1. The smallest absolute Gasteiger partial charge is 0.379 e. The Hall–Kier alpha value is -3.27. The van der Waals surface area contributed by atoms with Crippen molar-refractivity contribution in [3.63, 3.8) is 0 Å². The van der Waals surface area contributed by atoms with Gasteiger partial charge in [0.05, 0.1) is 13.4 Å². The molecule has 1 aliphatic heterocycles. The minimum atomic E-state index is -0.659. The highest BCUT2D eigenvalue weighted by Crippen LogP contribution is 2.41. The number of carbonyl (C=O) groups is 3. The third-order valence-corrected chi connectivity index (χ3v) is 4.75. The fourth-order valence-electron chi connectivity index (χ4n) is 2.45. The van der Waals surface area contributed by atoms with Gasteiger partial charge in [0, 0.05) is 13.8 Å². The zero-order chi connectivity index (χ0) is 20.3. The first-order chi connectivity index (χ1) is 13.4. The molecule has 0 unspecified atom stereocenters. The van der Waals surface area contributed by atoms with E-state index in [2.05, 4.69) is 10.4 Å². The van der Waals surface area contributed by atoms with Crippen molar-refractivity contribution in [2.45, 2.75) is 19.2 Å². The molecule has 0 saturated heterocycles. The summed E-state index contributed by atoms with van der Waals surface area (Å²) in [5.74, 6) is -0.665. The number of carbonyl (C=O) groups excluding carboxylic acids is 3. The SMILES string of the molecule is COc1cc([C@@H]2SC(NC(C)=O)=NN2C(C)=O)ccc1OC(=O)c1ccco1. The van der Waals surface area contributed by atoms with Crippen LogP contribution in [0.1, 0.15) is 35.3 Å². The molecule has 2 heterocycles. The lowest BCUT2D eigenvalue weighted by Gasteiger charge is -2.20. The molecule has 0 spiro atoms. The number of amidine groups is 1. The number of nitrogens with one attached hydrogen (secondary N) is 1. The van der Waals surface area contributed by atoms with Gasteiger partial charge in [0.1, 0.15) is 5.37 Å². The van der Waals surface area contributed by atoms with Crippen LogP contribution >= 0.6 is 11.8 Å². The van der Waals surface area contributed by atoms with Crippen LogP contribution < -0.4 is 14.8 Å². The van der Waals surface area contributed by atoms with Gasteiger partial charge in [0.15, 0.2) is 16.7 Å². The average Bonchev–Trinajstić information content (AvgIpc) is 3.31. The number of benzene rings is 1. The summed E-state index contributed by atoms with van der Waals surface area (Å²) in [4.78, 5) is 35.3. The van der Waals surface area contributed by atoms with Gasteiger partial charge in [-0.2, -0.15) is 0 Å². The molecule has 2 aromatic rings. The number of furan rings is 1. The molecule has 1 atom stereocenters. The average molecular weight is 403 g/mol. The molecule has 1 N–H and O–H groups in total. The Morgan fingerprint density at radius 1 is 1.21 bits per heavy atom. The highest BCUT2D eigenvalue weighted by molar-refractivity contribution is 8.14. The van der Waals surface area contributed by atoms with Crippen molar-refractivity contribution < 1.29 is 28.3 Å². The van der Waals surface area contributed by atoms with Gasteiger partial charge in [0.25, 0.3) is 0 Å². The van der Waals surface area contributed by atoms with Crippen molar-refractivity contribution in [1.82, 2.24) is 10.3 Å². The fourth-order valence-corrected chi connectivity index (χ4v) is 3.57. The third-order valence-electron chi connectivity index (χ3n) is 3.65. The van der Waals surface area contributed by atoms with E-state index in [4.69, 9.17) is 13.9 Å². The monoisotopic (exact) mass is 403 g/mol. The van der Waals surface area contributed by atoms with Gasteiger partial charge in [-0.3, -0.25) is 9.59 Å². The van der Waals surface area contributed by atoms with Crippen molar-refractivity contribution in [2.75, 3.05) is 7.11 Å². The first kappa shape index (κ1) is 19.5. The van der Waals surface area contributed by atoms with E-state index < -0.39 is 11.3 Å². The van der Waals surface area contributed by atoms with E-state index in [0.29, 0.717) is 16.5 Å². The Kier molecular flexibility index (Phi) is 5.69. The molecule has 146 valence electrons. The fraction of sp³-hybridized carbons (Fsp3) is 0.222. The maximum Gasteiger partial charge on any atom is 0.379 e. The molecule has 0 radical (unpaired) electrons. The Morgan fingerprint density at radius 2 is 2.00 bits per heavy atom. The second-order valence-corrected chi connectivity index (χ2v) is 6.77. The quantitative estimate of drug-likeness (QED) is 0.617. The Balaban J connectivity index is 1.84. The number of ether oxygens (including phenoxy) is 2. The van der Waals surface area contributed by atoms with Crippen LogP contribution in [0.3, 0.4) is 0 Å². The van der Waals surface area contributed by atoms with Crippen LogP contribution in [-0.4, -0.2) is 35.1 Å². The van der Waals surface area contributed by atoms with Crippen LogP contribution in [0.15, 0.2) is 46.1 Å². The van der Waals surface area contributed by atoms with Crippen molar-refractivity contribution in [3.05, 3.63) is 47.9 Å². The maximum absolute atomic E-state index is 12.1. The molecule has 0 bridgehead atoms. The van der Waals surface area contributed by atoms with Crippen molar-refractivity contribution >= 4 is 34.7 Å². The van der Waals surface area contributed by atoms with E-state index >= 15 is 0 Å². The maximum atomic E-state index is 12.1. The number of hydrazone groups is 1. The molecule has 1 aromatic carbocycles. The van der Waals surface area contributed by atoms with Crippen LogP contribution in [0.2, 0.25) is 0 Å². The van der Waals surface area contributed by atoms with Gasteiger partial charge < -0.3 is 19.2 Å². The van der Waals surface area contributed by atoms with Crippen molar-refractivity contribution in [1.29, 1.82) is 0 Å². The van der Waals surface area contributed by atoms with Gasteiger partial charge in [-0.25, -0.2) is 9.80 Å². The zero-order valence-corrected chi connectivity index (χ0v) is 16.1. The lowest BCUT2D eigenvalue weighted by atomic mass is 10.2. The molecular formula is C18H17N3O6S. The van der Waals surface area contributed by atoms with Gasteiger partial charge >= 0.3 is 5.97 Å². The van der Waals surface area contributed by atoms with E-state index in [9.17, 15) is 14.4 Å². The molecule has 1 aromatic heterocycles. The van der Waals surface area contributed by atoms with Crippen LogP contribution in [0, 0.1) is 0 Å². The van der Waals surface area contributed by atoms with Crippen molar-refractivity contribution in [2.24, 2.45) is 5.10 Å². The molecule has 28 heavy (non-hydrogen) atoms. The molecule has 0 fully saturated rings. The predicted octanol–water partition coefficient (Wildman–Crippen LogP) is 2.51. The van der Waals surface area contributed by atoms with E-state index in [1.807, 2.05) is 0 Å². The molecule has 10 heteroatoms. The Labute approximate surface area is 164 Å². The molecule has 3 rings (SSSR count). The highest BCUT2D eigenvalue weighted by atomic mass is 32.2. The molecule has 0 aliphatic carbocycles. The zero-order valence-electron chi connectivity index (χ0n) is 15.3. The van der Waals surface area contributed by atoms with Crippen LogP contribution in [0.4, 0.5) is 0 Å². The summed E-state index contributed by atoms with van der Waals surface area (Å²) in [6, 6.07) is 7.96. The lowest BCUT2D eigenvalue weighted by molar-refractivity contribution is -0.129. The minimum absolute atomic E-state index is 0.0635. The predicted molar refractivity (Wildman–Crippen MR) is 101 cm³/mol. The van der Waals surface area contributed by atoms with E-state index in [-0.39, 0.29) is 23.3 Å². The molecular weight excluding hydrogens is 386 g/mol. The van der Waals surface area contributed by atoms with Crippen LogP contribution in [0.5, 0.6) is 11.5 Å². The number of esters is 1. The largest absolute Gasteiger partial charge is 0.493 e. The second-order valence-electron chi connectivity index (χ2n) is 5.70.